The zero-order valence-corrected chi connectivity index (χ0v) is 16.5. The van der Waals surface area contributed by atoms with Gasteiger partial charge in [0.25, 0.3) is 0 Å². The number of pyridine rings is 1. The van der Waals surface area contributed by atoms with Gasteiger partial charge < -0.3 is 4.57 Å². The van der Waals surface area contributed by atoms with E-state index in [1.54, 1.807) is 29.8 Å². The van der Waals surface area contributed by atoms with Crippen molar-refractivity contribution >= 4 is 40.2 Å². The topological polar surface area (TPSA) is 30.2 Å². The van der Waals surface area contributed by atoms with Gasteiger partial charge in [-0.05, 0) is 35.9 Å². The van der Waals surface area contributed by atoms with E-state index in [9.17, 15) is 0 Å². The second-order valence-corrected chi connectivity index (χ2v) is 7.60. The van der Waals surface area contributed by atoms with Crippen LogP contribution in [0.4, 0.5) is 5.69 Å². The van der Waals surface area contributed by atoms with E-state index in [2.05, 4.69) is 27.1 Å². The fourth-order valence-corrected chi connectivity index (χ4v) is 4.08. The van der Waals surface area contributed by atoms with Crippen LogP contribution in [0.3, 0.4) is 0 Å². The van der Waals surface area contributed by atoms with Crippen molar-refractivity contribution < 1.29 is 0 Å². The van der Waals surface area contributed by atoms with E-state index in [1.807, 2.05) is 42.5 Å². The zero-order chi connectivity index (χ0) is 18.6. The van der Waals surface area contributed by atoms with Crippen LogP contribution in [-0.2, 0) is 6.54 Å². The Morgan fingerprint density at radius 2 is 1.85 bits per heavy atom. The maximum atomic E-state index is 6.47. The lowest BCUT2D eigenvalue weighted by atomic mass is 10.1. The molecule has 0 aliphatic carbocycles. The number of thiazole rings is 1. The minimum atomic E-state index is 0.651. The number of rotatable bonds is 4. The molecule has 0 aliphatic heterocycles. The van der Waals surface area contributed by atoms with Crippen molar-refractivity contribution in [2.24, 2.45) is 4.99 Å². The average molecular weight is 412 g/mol. The first-order valence-corrected chi connectivity index (χ1v) is 9.97. The monoisotopic (exact) mass is 411 g/mol. The smallest absolute Gasteiger partial charge is 0.190 e. The van der Waals surface area contributed by atoms with Gasteiger partial charge in [-0.15, -0.1) is 11.3 Å². The van der Waals surface area contributed by atoms with Gasteiger partial charge in [-0.1, -0.05) is 53.5 Å². The fourth-order valence-electron chi connectivity index (χ4n) is 2.78. The Hall–Kier alpha value is -2.40. The molecule has 0 atom stereocenters. The normalized spacial score (nSPS) is 11.7. The van der Waals surface area contributed by atoms with Crippen LogP contribution in [0.25, 0.3) is 11.3 Å². The van der Waals surface area contributed by atoms with Crippen molar-refractivity contribution in [3.05, 3.63) is 98.8 Å². The number of benzene rings is 2. The van der Waals surface area contributed by atoms with Crippen molar-refractivity contribution in [2.75, 3.05) is 0 Å². The molecule has 0 spiro atoms. The highest BCUT2D eigenvalue weighted by Crippen LogP contribution is 2.31. The van der Waals surface area contributed by atoms with E-state index < -0.39 is 0 Å². The van der Waals surface area contributed by atoms with Gasteiger partial charge in [0.15, 0.2) is 4.80 Å². The lowest BCUT2D eigenvalue weighted by Crippen LogP contribution is -2.16. The average Bonchev–Trinajstić information content (AvgIpc) is 3.07. The minimum Gasteiger partial charge on any atom is -0.312 e. The Morgan fingerprint density at radius 1 is 1.00 bits per heavy atom. The van der Waals surface area contributed by atoms with E-state index in [0.29, 0.717) is 16.6 Å². The summed E-state index contributed by atoms with van der Waals surface area (Å²) in [7, 11) is 0. The molecule has 0 fully saturated rings. The molecule has 4 rings (SSSR count). The molecule has 134 valence electrons. The van der Waals surface area contributed by atoms with Gasteiger partial charge in [0.1, 0.15) is 0 Å². The first-order chi connectivity index (χ1) is 13.2. The molecule has 0 radical (unpaired) electrons. The molecule has 0 saturated heterocycles. The van der Waals surface area contributed by atoms with Gasteiger partial charge in [-0.3, -0.25) is 4.98 Å². The van der Waals surface area contributed by atoms with Gasteiger partial charge in [0.05, 0.1) is 29.1 Å². The summed E-state index contributed by atoms with van der Waals surface area (Å²) in [4.78, 5) is 9.80. The van der Waals surface area contributed by atoms with Crippen molar-refractivity contribution in [1.82, 2.24) is 9.55 Å². The number of hydrogen-bond donors (Lipinski definition) is 0. The fraction of sp³-hybridized carbons (Fsp3) is 0.0476. The highest BCUT2D eigenvalue weighted by atomic mass is 35.5. The molecule has 2 aromatic heterocycles. The summed E-state index contributed by atoms with van der Waals surface area (Å²) < 4.78 is 2.16. The van der Waals surface area contributed by atoms with Gasteiger partial charge in [-0.25, -0.2) is 4.99 Å². The molecule has 2 aromatic carbocycles. The molecule has 0 saturated carbocycles. The SMILES string of the molecule is Clc1ccc(Cl)c(-c2csc(=Nc3cccnc3)n2Cc2ccccc2)c1. The van der Waals surface area contributed by atoms with E-state index in [-0.39, 0.29) is 0 Å². The lowest BCUT2D eigenvalue weighted by Gasteiger charge is -2.11. The summed E-state index contributed by atoms with van der Waals surface area (Å²) in [6.45, 7) is 0.682. The molecule has 3 nitrogen and oxygen atoms in total. The highest BCUT2D eigenvalue weighted by Gasteiger charge is 2.12. The summed E-state index contributed by atoms with van der Waals surface area (Å²) in [6.07, 6.45) is 3.49. The number of halogens is 2. The molecule has 27 heavy (non-hydrogen) atoms. The van der Waals surface area contributed by atoms with Gasteiger partial charge in [-0.2, -0.15) is 0 Å². The van der Waals surface area contributed by atoms with Crippen molar-refractivity contribution in [3.8, 4) is 11.3 Å². The number of nitrogens with zero attached hydrogens (tertiary/aromatic N) is 3. The molecule has 0 amide bonds. The summed E-state index contributed by atoms with van der Waals surface area (Å²) in [5.74, 6) is 0. The second-order valence-electron chi connectivity index (χ2n) is 5.92. The minimum absolute atomic E-state index is 0.651. The third-order valence-electron chi connectivity index (χ3n) is 4.06. The van der Waals surface area contributed by atoms with Crippen LogP contribution >= 0.6 is 34.5 Å². The van der Waals surface area contributed by atoms with E-state index in [0.717, 1.165) is 21.7 Å². The maximum absolute atomic E-state index is 6.47. The van der Waals surface area contributed by atoms with Crippen LogP contribution in [0.1, 0.15) is 5.56 Å². The third kappa shape index (κ3) is 4.14. The van der Waals surface area contributed by atoms with Crippen LogP contribution in [0.5, 0.6) is 0 Å². The van der Waals surface area contributed by atoms with Crippen molar-refractivity contribution in [1.29, 1.82) is 0 Å². The lowest BCUT2D eigenvalue weighted by molar-refractivity contribution is 0.778. The van der Waals surface area contributed by atoms with Gasteiger partial charge in [0.2, 0.25) is 0 Å². The summed E-state index contributed by atoms with van der Waals surface area (Å²) in [5.41, 5.74) is 3.87. The number of hydrogen-bond acceptors (Lipinski definition) is 3. The van der Waals surface area contributed by atoms with Crippen LogP contribution in [-0.4, -0.2) is 9.55 Å². The Kier molecular flexibility index (Phi) is 5.39. The van der Waals surface area contributed by atoms with Crippen molar-refractivity contribution in [2.45, 2.75) is 6.54 Å². The molecule has 2 heterocycles. The summed E-state index contributed by atoms with van der Waals surface area (Å²) >= 11 is 14.3. The third-order valence-corrected chi connectivity index (χ3v) is 5.48. The molecule has 0 N–H and O–H groups in total. The van der Waals surface area contributed by atoms with Crippen LogP contribution < -0.4 is 4.80 Å². The first-order valence-electron chi connectivity index (χ1n) is 8.33. The molecule has 0 bridgehead atoms. The summed E-state index contributed by atoms with van der Waals surface area (Å²) in [6, 6.07) is 19.6. The van der Waals surface area contributed by atoms with E-state index in [1.165, 1.54) is 5.56 Å². The summed E-state index contributed by atoms with van der Waals surface area (Å²) in [5, 5.41) is 3.37. The quantitative estimate of drug-likeness (QED) is 0.393. The van der Waals surface area contributed by atoms with Crippen molar-refractivity contribution in [3.63, 3.8) is 0 Å². The van der Waals surface area contributed by atoms with Gasteiger partial charge >= 0.3 is 0 Å². The molecule has 0 unspecified atom stereocenters. The predicted octanol–water partition coefficient (Wildman–Crippen LogP) is 6.20. The maximum Gasteiger partial charge on any atom is 0.190 e. The molecule has 0 aliphatic rings. The Labute approximate surface area is 171 Å². The zero-order valence-electron chi connectivity index (χ0n) is 14.2. The van der Waals surface area contributed by atoms with E-state index in [4.69, 9.17) is 28.2 Å². The molecule has 4 aromatic rings. The molecular formula is C21H15Cl2N3S. The largest absolute Gasteiger partial charge is 0.312 e. The Bertz CT molecular complexity index is 1120. The molecular weight excluding hydrogens is 397 g/mol. The van der Waals surface area contributed by atoms with E-state index >= 15 is 0 Å². The second kappa shape index (κ2) is 8.09. The van der Waals surface area contributed by atoms with Crippen LogP contribution in [0.15, 0.2) is 83.4 Å². The van der Waals surface area contributed by atoms with Gasteiger partial charge in [0, 0.05) is 22.2 Å². The Morgan fingerprint density at radius 3 is 2.63 bits per heavy atom. The van der Waals surface area contributed by atoms with Crippen LogP contribution in [0.2, 0.25) is 10.0 Å². The van der Waals surface area contributed by atoms with Crippen LogP contribution in [0, 0.1) is 0 Å². The first kappa shape index (κ1) is 18.0. The standard InChI is InChI=1S/C21H15Cl2N3S/c22-16-8-9-19(23)18(11-16)20-14-27-21(25-17-7-4-10-24-12-17)26(20)13-15-5-2-1-3-6-15/h1-12,14H,13H2. The highest BCUT2D eigenvalue weighted by molar-refractivity contribution is 7.07. The Balaban J connectivity index is 1.89. The number of aromatic nitrogens is 2. The molecule has 6 heteroatoms. The predicted molar refractivity (Wildman–Crippen MR) is 113 cm³/mol.